The smallest absolute Gasteiger partial charge is 0.294 e. The number of hydrogen-bond acceptors (Lipinski definition) is 5. The number of para-hydroxylation sites is 1. The van der Waals surface area contributed by atoms with Crippen molar-refractivity contribution in [3.63, 3.8) is 0 Å². The Morgan fingerprint density at radius 3 is 2.62 bits per heavy atom. The number of anilines is 1. The van der Waals surface area contributed by atoms with Crippen molar-refractivity contribution in [3.8, 4) is 5.75 Å². The lowest BCUT2D eigenvalue weighted by molar-refractivity contribution is -0.127. The van der Waals surface area contributed by atoms with Gasteiger partial charge >= 0.3 is 0 Å². The quantitative estimate of drug-likeness (QED) is 0.576. The van der Waals surface area contributed by atoms with Crippen LogP contribution in [-0.4, -0.2) is 35.1 Å². The van der Waals surface area contributed by atoms with Gasteiger partial charge in [0.15, 0.2) is 0 Å². The molecule has 0 atom stereocenters. The van der Waals surface area contributed by atoms with Gasteiger partial charge < -0.3 is 10.1 Å². The number of amides is 3. The third-order valence-electron chi connectivity index (χ3n) is 3.97. The number of imide groups is 1. The summed E-state index contributed by atoms with van der Waals surface area (Å²) in [7, 11) is 0. The van der Waals surface area contributed by atoms with Crippen LogP contribution in [0.3, 0.4) is 0 Å². The number of thioether (sulfide) groups is 1. The van der Waals surface area contributed by atoms with Crippen LogP contribution in [-0.2, 0) is 9.59 Å². The van der Waals surface area contributed by atoms with Gasteiger partial charge in [-0.3, -0.25) is 19.3 Å². The SMILES string of the molecule is CCCOc1ccccc1/C=C1/SC(=O)N(CC(=O)Nc2ccc(Br)cc2)C1=O. The molecule has 0 bridgehead atoms. The zero-order valence-electron chi connectivity index (χ0n) is 15.7. The average molecular weight is 475 g/mol. The van der Waals surface area contributed by atoms with Crippen molar-refractivity contribution in [2.75, 3.05) is 18.5 Å². The third-order valence-corrected chi connectivity index (χ3v) is 5.41. The van der Waals surface area contributed by atoms with E-state index in [4.69, 9.17) is 4.74 Å². The molecule has 0 radical (unpaired) electrons. The highest BCUT2D eigenvalue weighted by Gasteiger charge is 2.36. The van der Waals surface area contributed by atoms with E-state index < -0.39 is 17.1 Å². The van der Waals surface area contributed by atoms with Gasteiger partial charge in [0.2, 0.25) is 5.91 Å². The van der Waals surface area contributed by atoms with E-state index in [0.717, 1.165) is 27.6 Å². The number of rotatable bonds is 7. The van der Waals surface area contributed by atoms with E-state index in [1.54, 1.807) is 30.3 Å². The largest absolute Gasteiger partial charge is 0.493 e. The summed E-state index contributed by atoms with van der Waals surface area (Å²) in [6.07, 6.45) is 2.49. The highest BCUT2D eigenvalue weighted by Crippen LogP contribution is 2.34. The molecule has 3 rings (SSSR count). The van der Waals surface area contributed by atoms with Gasteiger partial charge in [0.1, 0.15) is 12.3 Å². The number of halogens is 1. The molecule has 150 valence electrons. The summed E-state index contributed by atoms with van der Waals surface area (Å²) in [6, 6.07) is 14.3. The molecule has 0 aromatic heterocycles. The second-order valence-electron chi connectivity index (χ2n) is 6.21. The normalized spacial score (nSPS) is 15.1. The third kappa shape index (κ3) is 5.48. The Morgan fingerprint density at radius 2 is 1.90 bits per heavy atom. The first-order valence-electron chi connectivity index (χ1n) is 9.00. The maximum absolute atomic E-state index is 12.7. The van der Waals surface area contributed by atoms with Crippen LogP contribution in [0.4, 0.5) is 10.5 Å². The molecule has 1 fully saturated rings. The van der Waals surface area contributed by atoms with Crippen LogP contribution in [0, 0.1) is 0 Å². The number of benzene rings is 2. The molecule has 1 heterocycles. The molecular weight excluding hydrogens is 456 g/mol. The van der Waals surface area contributed by atoms with E-state index in [0.29, 0.717) is 23.6 Å². The van der Waals surface area contributed by atoms with Gasteiger partial charge in [-0.2, -0.15) is 0 Å². The van der Waals surface area contributed by atoms with E-state index in [1.807, 2.05) is 31.2 Å². The standard InChI is InChI=1S/C21H19BrN2O4S/c1-2-11-28-17-6-4-3-5-14(17)12-18-20(26)24(21(27)29-18)13-19(25)23-16-9-7-15(22)8-10-16/h3-10,12H,2,11,13H2,1H3,(H,23,25)/b18-12+. The van der Waals surface area contributed by atoms with Crippen molar-refractivity contribution in [1.82, 2.24) is 4.90 Å². The van der Waals surface area contributed by atoms with Crippen molar-refractivity contribution in [1.29, 1.82) is 0 Å². The summed E-state index contributed by atoms with van der Waals surface area (Å²) in [4.78, 5) is 38.4. The van der Waals surface area contributed by atoms with Gasteiger partial charge in [0, 0.05) is 15.7 Å². The summed E-state index contributed by atoms with van der Waals surface area (Å²) in [5, 5.41) is 2.21. The van der Waals surface area contributed by atoms with Gasteiger partial charge in [-0.1, -0.05) is 41.1 Å². The number of carbonyl (C=O) groups excluding carboxylic acids is 3. The van der Waals surface area contributed by atoms with Crippen molar-refractivity contribution < 1.29 is 19.1 Å². The van der Waals surface area contributed by atoms with Crippen LogP contribution in [0.5, 0.6) is 5.75 Å². The van der Waals surface area contributed by atoms with E-state index in [-0.39, 0.29) is 11.4 Å². The minimum absolute atomic E-state index is 0.263. The fraction of sp³-hybridized carbons (Fsp3) is 0.190. The molecule has 3 amide bonds. The fourth-order valence-corrected chi connectivity index (χ4v) is 3.69. The molecule has 2 aromatic rings. The number of ether oxygens (including phenoxy) is 1. The maximum Gasteiger partial charge on any atom is 0.294 e. The molecule has 0 spiro atoms. The topological polar surface area (TPSA) is 75.7 Å². The molecule has 2 aromatic carbocycles. The maximum atomic E-state index is 12.7. The van der Waals surface area contributed by atoms with Crippen molar-refractivity contribution in [2.45, 2.75) is 13.3 Å². The van der Waals surface area contributed by atoms with Crippen molar-refractivity contribution in [3.05, 3.63) is 63.5 Å². The van der Waals surface area contributed by atoms with Crippen molar-refractivity contribution >= 4 is 56.5 Å². The summed E-state index contributed by atoms with van der Waals surface area (Å²) in [6.45, 7) is 2.22. The second-order valence-corrected chi connectivity index (χ2v) is 8.12. The van der Waals surface area contributed by atoms with Crippen molar-refractivity contribution in [2.24, 2.45) is 0 Å². The Morgan fingerprint density at radius 1 is 1.17 bits per heavy atom. The Kier molecular flexibility index (Phi) is 7.11. The number of carbonyl (C=O) groups is 3. The predicted octanol–water partition coefficient (Wildman–Crippen LogP) is 4.91. The molecule has 29 heavy (non-hydrogen) atoms. The minimum Gasteiger partial charge on any atom is -0.493 e. The Labute approximate surface area is 181 Å². The van der Waals surface area contributed by atoms with Gasteiger partial charge in [-0.15, -0.1) is 0 Å². The highest BCUT2D eigenvalue weighted by molar-refractivity contribution is 9.10. The second kappa shape index (κ2) is 9.76. The van der Waals surface area contributed by atoms with E-state index in [2.05, 4.69) is 21.2 Å². The first kappa shape index (κ1) is 21.1. The summed E-state index contributed by atoms with van der Waals surface area (Å²) < 4.78 is 6.58. The monoisotopic (exact) mass is 474 g/mol. The van der Waals surface area contributed by atoms with Gasteiger partial charge in [0.05, 0.1) is 11.5 Å². The Hall–Kier alpha value is -2.58. The van der Waals surface area contributed by atoms with Crippen LogP contribution in [0.2, 0.25) is 0 Å². The van der Waals surface area contributed by atoms with Crippen LogP contribution >= 0.6 is 27.7 Å². The zero-order chi connectivity index (χ0) is 20.8. The predicted molar refractivity (Wildman–Crippen MR) is 118 cm³/mol. The molecule has 1 N–H and O–H groups in total. The van der Waals surface area contributed by atoms with E-state index in [1.165, 1.54) is 0 Å². The zero-order valence-corrected chi connectivity index (χ0v) is 18.1. The molecule has 1 saturated heterocycles. The Bertz CT molecular complexity index is 959. The lowest BCUT2D eigenvalue weighted by atomic mass is 10.2. The summed E-state index contributed by atoms with van der Waals surface area (Å²) >= 11 is 4.14. The molecule has 0 saturated carbocycles. The van der Waals surface area contributed by atoms with E-state index in [9.17, 15) is 14.4 Å². The summed E-state index contributed by atoms with van der Waals surface area (Å²) in [5.41, 5.74) is 1.30. The summed E-state index contributed by atoms with van der Waals surface area (Å²) in [5.74, 6) is -0.284. The van der Waals surface area contributed by atoms with Gasteiger partial charge in [-0.25, -0.2) is 0 Å². The Balaban J connectivity index is 1.70. The minimum atomic E-state index is -0.490. The van der Waals surface area contributed by atoms with Gasteiger partial charge in [-0.05, 0) is 54.6 Å². The molecule has 8 heteroatoms. The van der Waals surface area contributed by atoms with Crippen LogP contribution in [0.15, 0.2) is 57.9 Å². The van der Waals surface area contributed by atoms with Crippen LogP contribution in [0.1, 0.15) is 18.9 Å². The molecule has 6 nitrogen and oxygen atoms in total. The first-order chi connectivity index (χ1) is 14.0. The highest BCUT2D eigenvalue weighted by atomic mass is 79.9. The molecule has 0 unspecified atom stereocenters. The molecule has 1 aliphatic rings. The number of hydrogen-bond donors (Lipinski definition) is 1. The van der Waals surface area contributed by atoms with Crippen LogP contribution < -0.4 is 10.1 Å². The first-order valence-corrected chi connectivity index (χ1v) is 10.6. The average Bonchev–Trinajstić information content (AvgIpc) is 2.96. The lowest BCUT2D eigenvalue weighted by Gasteiger charge is -2.12. The number of nitrogens with zero attached hydrogens (tertiary/aromatic N) is 1. The molecule has 0 aliphatic carbocycles. The molecular formula is C21H19BrN2O4S. The van der Waals surface area contributed by atoms with Gasteiger partial charge in [0.25, 0.3) is 11.1 Å². The van der Waals surface area contributed by atoms with Crippen LogP contribution in [0.25, 0.3) is 6.08 Å². The number of nitrogens with one attached hydrogen (secondary N) is 1. The molecule has 1 aliphatic heterocycles. The van der Waals surface area contributed by atoms with E-state index >= 15 is 0 Å². The lowest BCUT2D eigenvalue weighted by Crippen LogP contribution is -2.36. The fourth-order valence-electron chi connectivity index (χ4n) is 2.60.